The van der Waals surface area contributed by atoms with Crippen molar-refractivity contribution in [2.45, 2.75) is 32.4 Å². The van der Waals surface area contributed by atoms with Gasteiger partial charge in [0.05, 0.1) is 12.2 Å². The van der Waals surface area contributed by atoms with Gasteiger partial charge in [-0.05, 0) is 55.3 Å². The van der Waals surface area contributed by atoms with Gasteiger partial charge in [-0.3, -0.25) is 14.5 Å². The van der Waals surface area contributed by atoms with E-state index in [0.717, 1.165) is 18.4 Å². The number of fused-ring (bicyclic) bond motifs is 1. The Balaban J connectivity index is 1.48. The molecule has 2 aliphatic heterocycles. The zero-order valence-corrected chi connectivity index (χ0v) is 15.4. The highest BCUT2D eigenvalue weighted by Crippen LogP contribution is 2.33. The summed E-state index contributed by atoms with van der Waals surface area (Å²) in [5.41, 5.74) is 3.56. The number of likely N-dealkylation sites (tertiary alicyclic amines) is 1. The Kier molecular flexibility index (Phi) is 5.21. The number of nitrogens with zero attached hydrogens (tertiary/aromatic N) is 2. The molecule has 1 fully saturated rings. The molecule has 2 heterocycles. The lowest BCUT2D eigenvalue weighted by Crippen LogP contribution is -2.38. The molecule has 0 N–H and O–H groups in total. The molecule has 1 saturated heterocycles. The summed E-state index contributed by atoms with van der Waals surface area (Å²) >= 11 is 0. The van der Waals surface area contributed by atoms with Gasteiger partial charge in [-0.15, -0.1) is 0 Å². The number of rotatable bonds is 5. The lowest BCUT2D eigenvalue weighted by molar-refractivity contribution is -0.121. The van der Waals surface area contributed by atoms with Crippen molar-refractivity contribution in [3.8, 4) is 5.75 Å². The van der Waals surface area contributed by atoms with E-state index in [9.17, 15) is 9.59 Å². The van der Waals surface area contributed by atoms with Crippen molar-refractivity contribution in [2.75, 3.05) is 24.6 Å². The Labute approximate surface area is 159 Å². The molecule has 0 saturated carbocycles. The first-order valence-corrected chi connectivity index (χ1v) is 9.55. The fraction of sp³-hybridized carbons (Fsp3) is 0.364. The zero-order valence-electron chi connectivity index (χ0n) is 15.4. The largest absolute Gasteiger partial charge is 0.482 e. The second kappa shape index (κ2) is 7.92. The van der Waals surface area contributed by atoms with E-state index < -0.39 is 0 Å². The SMILES string of the molecule is O=Cc1ccc2c(c1)N(Cc1ccc(CN3CCCCC3)cc1)C(=O)CO2. The summed E-state index contributed by atoms with van der Waals surface area (Å²) in [6, 6.07) is 13.6. The van der Waals surface area contributed by atoms with Gasteiger partial charge < -0.3 is 9.64 Å². The van der Waals surface area contributed by atoms with Gasteiger partial charge in [0.25, 0.3) is 5.91 Å². The number of anilines is 1. The van der Waals surface area contributed by atoms with Gasteiger partial charge in [-0.1, -0.05) is 30.7 Å². The van der Waals surface area contributed by atoms with Crippen LogP contribution in [0.1, 0.15) is 40.7 Å². The number of aldehydes is 1. The van der Waals surface area contributed by atoms with E-state index in [2.05, 4.69) is 29.2 Å². The molecule has 5 heteroatoms. The minimum Gasteiger partial charge on any atom is -0.482 e. The van der Waals surface area contributed by atoms with Crippen LogP contribution in [0.3, 0.4) is 0 Å². The molecular weight excluding hydrogens is 340 g/mol. The first-order chi connectivity index (χ1) is 13.2. The fourth-order valence-corrected chi connectivity index (χ4v) is 3.77. The van der Waals surface area contributed by atoms with E-state index in [0.29, 0.717) is 23.5 Å². The molecule has 5 nitrogen and oxygen atoms in total. The van der Waals surface area contributed by atoms with Crippen molar-refractivity contribution in [1.29, 1.82) is 0 Å². The van der Waals surface area contributed by atoms with Gasteiger partial charge in [-0.25, -0.2) is 0 Å². The van der Waals surface area contributed by atoms with Gasteiger partial charge in [0.2, 0.25) is 0 Å². The number of carbonyl (C=O) groups excluding carboxylic acids is 2. The molecule has 2 aromatic rings. The quantitative estimate of drug-likeness (QED) is 0.763. The summed E-state index contributed by atoms with van der Waals surface area (Å²) in [5.74, 6) is 0.546. The Hall–Kier alpha value is -2.66. The summed E-state index contributed by atoms with van der Waals surface area (Å²) in [5, 5.41) is 0. The standard InChI is InChI=1S/C22H24N2O3/c25-15-19-8-9-21-20(12-19)24(22(26)16-27-21)14-18-6-4-17(5-7-18)13-23-10-2-1-3-11-23/h4-9,12,15H,1-3,10-11,13-14,16H2. The number of carbonyl (C=O) groups is 2. The topological polar surface area (TPSA) is 49.9 Å². The molecule has 0 bridgehead atoms. The Morgan fingerprint density at radius 3 is 2.33 bits per heavy atom. The van der Waals surface area contributed by atoms with Gasteiger partial charge in [0, 0.05) is 12.1 Å². The van der Waals surface area contributed by atoms with Crippen LogP contribution < -0.4 is 9.64 Å². The van der Waals surface area contributed by atoms with Crippen LogP contribution in [-0.2, 0) is 17.9 Å². The van der Waals surface area contributed by atoms with E-state index in [4.69, 9.17) is 4.74 Å². The van der Waals surface area contributed by atoms with Crippen LogP contribution in [0, 0.1) is 0 Å². The van der Waals surface area contributed by atoms with Crippen LogP contribution in [0.5, 0.6) is 5.75 Å². The van der Waals surface area contributed by atoms with Crippen LogP contribution in [0.4, 0.5) is 5.69 Å². The second-order valence-corrected chi connectivity index (χ2v) is 7.27. The maximum absolute atomic E-state index is 12.4. The highest BCUT2D eigenvalue weighted by Gasteiger charge is 2.26. The number of piperidine rings is 1. The number of hydrogen-bond acceptors (Lipinski definition) is 4. The Morgan fingerprint density at radius 1 is 0.926 bits per heavy atom. The number of ether oxygens (including phenoxy) is 1. The lowest BCUT2D eigenvalue weighted by Gasteiger charge is -2.30. The normalized spacial score (nSPS) is 17.3. The van der Waals surface area contributed by atoms with E-state index in [-0.39, 0.29) is 12.5 Å². The third-order valence-corrected chi connectivity index (χ3v) is 5.28. The van der Waals surface area contributed by atoms with Gasteiger partial charge in [0.15, 0.2) is 6.61 Å². The first-order valence-electron chi connectivity index (χ1n) is 9.55. The average molecular weight is 364 g/mol. The maximum atomic E-state index is 12.4. The summed E-state index contributed by atoms with van der Waals surface area (Å²) in [6.07, 6.45) is 4.71. The van der Waals surface area contributed by atoms with E-state index in [1.54, 1.807) is 23.1 Å². The molecule has 2 aromatic carbocycles. The lowest BCUT2D eigenvalue weighted by atomic mass is 10.1. The molecule has 0 aliphatic carbocycles. The van der Waals surface area contributed by atoms with Crippen molar-refractivity contribution < 1.29 is 14.3 Å². The van der Waals surface area contributed by atoms with Crippen LogP contribution in [-0.4, -0.2) is 36.8 Å². The van der Waals surface area contributed by atoms with E-state index in [1.165, 1.54) is 37.9 Å². The van der Waals surface area contributed by atoms with Crippen LogP contribution in [0.2, 0.25) is 0 Å². The highest BCUT2D eigenvalue weighted by molar-refractivity contribution is 5.98. The summed E-state index contributed by atoms with van der Waals surface area (Å²) < 4.78 is 5.49. The molecule has 0 unspecified atom stereocenters. The van der Waals surface area contributed by atoms with Crippen molar-refractivity contribution >= 4 is 17.9 Å². The highest BCUT2D eigenvalue weighted by atomic mass is 16.5. The zero-order chi connectivity index (χ0) is 18.6. The third kappa shape index (κ3) is 4.03. The molecule has 0 spiro atoms. The number of amides is 1. The van der Waals surface area contributed by atoms with Crippen LogP contribution in [0.15, 0.2) is 42.5 Å². The molecule has 0 radical (unpaired) electrons. The van der Waals surface area contributed by atoms with Gasteiger partial charge in [0.1, 0.15) is 12.0 Å². The average Bonchev–Trinajstić information content (AvgIpc) is 2.72. The minimum atomic E-state index is -0.0945. The van der Waals surface area contributed by atoms with Crippen molar-refractivity contribution in [3.05, 3.63) is 59.2 Å². The van der Waals surface area contributed by atoms with Crippen LogP contribution in [0.25, 0.3) is 0 Å². The molecule has 1 amide bonds. The molecule has 0 atom stereocenters. The summed E-state index contributed by atoms with van der Waals surface area (Å²) in [7, 11) is 0. The molecular formula is C22H24N2O3. The third-order valence-electron chi connectivity index (χ3n) is 5.28. The van der Waals surface area contributed by atoms with Crippen molar-refractivity contribution in [2.24, 2.45) is 0 Å². The predicted molar refractivity (Wildman–Crippen MR) is 104 cm³/mol. The number of hydrogen-bond donors (Lipinski definition) is 0. The smallest absolute Gasteiger partial charge is 0.265 e. The summed E-state index contributed by atoms with van der Waals surface area (Å²) in [6.45, 7) is 3.85. The van der Waals surface area contributed by atoms with Gasteiger partial charge in [-0.2, -0.15) is 0 Å². The maximum Gasteiger partial charge on any atom is 0.265 e. The molecule has 2 aliphatic rings. The Morgan fingerprint density at radius 2 is 1.63 bits per heavy atom. The minimum absolute atomic E-state index is 0.0283. The van der Waals surface area contributed by atoms with Gasteiger partial charge >= 0.3 is 0 Å². The number of benzene rings is 2. The van der Waals surface area contributed by atoms with Crippen molar-refractivity contribution in [1.82, 2.24) is 4.90 Å². The second-order valence-electron chi connectivity index (χ2n) is 7.27. The predicted octanol–water partition coefficient (Wildman–Crippen LogP) is 3.41. The first kappa shape index (κ1) is 17.7. The van der Waals surface area contributed by atoms with E-state index in [1.807, 2.05) is 0 Å². The van der Waals surface area contributed by atoms with Crippen LogP contribution >= 0.6 is 0 Å². The van der Waals surface area contributed by atoms with Crippen molar-refractivity contribution in [3.63, 3.8) is 0 Å². The molecule has 140 valence electrons. The molecule has 4 rings (SSSR count). The molecule has 0 aromatic heterocycles. The fourth-order valence-electron chi connectivity index (χ4n) is 3.77. The summed E-state index contributed by atoms with van der Waals surface area (Å²) in [4.78, 5) is 27.7. The monoisotopic (exact) mass is 364 g/mol. The van der Waals surface area contributed by atoms with E-state index >= 15 is 0 Å². The molecule has 27 heavy (non-hydrogen) atoms. The Bertz CT molecular complexity index is 826.